The maximum absolute atomic E-state index is 4.48. The quantitative estimate of drug-likeness (QED) is 0.783. The standard InChI is InChI=1S/C17H25N3/c1-4-16-8-5-6-9-17(16)13-18-10-7-11-20-15(3)12-14(2)19-20/h5-6,8-9,12,18H,4,7,10-11,13H2,1-3H3. The third kappa shape index (κ3) is 3.94. The van der Waals surface area contributed by atoms with Gasteiger partial charge in [0.05, 0.1) is 5.69 Å². The van der Waals surface area contributed by atoms with Crippen molar-refractivity contribution in [2.45, 2.75) is 46.7 Å². The van der Waals surface area contributed by atoms with Crippen molar-refractivity contribution in [1.29, 1.82) is 0 Å². The molecule has 0 aliphatic heterocycles. The fourth-order valence-corrected chi connectivity index (χ4v) is 2.55. The molecule has 0 aliphatic rings. The van der Waals surface area contributed by atoms with Crippen molar-refractivity contribution in [3.63, 3.8) is 0 Å². The first-order valence-electron chi connectivity index (χ1n) is 7.49. The van der Waals surface area contributed by atoms with Gasteiger partial charge in [-0.15, -0.1) is 0 Å². The molecule has 1 heterocycles. The van der Waals surface area contributed by atoms with E-state index >= 15 is 0 Å². The van der Waals surface area contributed by atoms with Gasteiger partial charge in [-0.25, -0.2) is 0 Å². The van der Waals surface area contributed by atoms with Crippen molar-refractivity contribution in [3.8, 4) is 0 Å². The Hall–Kier alpha value is -1.61. The Balaban J connectivity index is 1.73. The summed E-state index contributed by atoms with van der Waals surface area (Å²) >= 11 is 0. The molecule has 0 atom stereocenters. The van der Waals surface area contributed by atoms with Gasteiger partial charge >= 0.3 is 0 Å². The van der Waals surface area contributed by atoms with Crippen LogP contribution in [0.4, 0.5) is 0 Å². The van der Waals surface area contributed by atoms with E-state index < -0.39 is 0 Å². The molecule has 0 amide bonds. The summed E-state index contributed by atoms with van der Waals surface area (Å²) in [6.45, 7) is 9.34. The van der Waals surface area contributed by atoms with Crippen LogP contribution < -0.4 is 5.32 Å². The van der Waals surface area contributed by atoms with Gasteiger partial charge in [0.1, 0.15) is 0 Å². The average molecular weight is 271 g/mol. The van der Waals surface area contributed by atoms with E-state index in [0.29, 0.717) is 0 Å². The van der Waals surface area contributed by atoms with Gasteiger partial charge in [0, 0.05) is 18.8 Å². The Labute approximate surface area is 122 Å². The van der Waals surface area contributed by atoms with E-state index in [-0.39, 0.29) is 0 Å². The number of nitrogens with one attached hydrogen (secondary N) is 1. The van der Waals surface area contributed by atoms with Crippen LogP contribution in [-0.2, 0) is 19.5 Å². The normalized spacial score (nSPS) is 10.9. The van der Waals surface area contributed by atoms with Gasteiger partial charge in [0.15, 0.2) is 0 Å². The lowest BCUT2D eigenvalue weighted by Crippen LogP contribution is -2.18. The van der Waals surface area contributed by atoms with Gasteiger partial charge in [0.2, 0.25) is 0 Å². The molecule has 1 N–H and O–H groups in total. The van der Waals surface area contributed by atoms with Gasteiger partial charge < -0.3 is 5.32 Å². The van der Waals surface area contributed by atoms with Crippen LogP contribution in [0.2, 0.25) is 0 Å². The van der Waals surface area contributed by atoms with Crippen LogP contribution in [-0.4, -0.2) is 16.3 Å². The van der Waals surface area contributed by atoms with E-state index in [1.807, 2.05) is 6.92 Å². The van der Waals surface area contributed by atoms with Crippen molar-refractivity contribution < 1.29 is 0 Å². The highest BCUT2D eigenvalue weighted by Crippen LogP contribution is 2.09. The van der Waals surface area contributed by atoms with Crippen LogP contribution in [0.5, 0.6) is 0 Å². The third-order valence-corrected chi connectivity index (χ3v) is 3.64. The zero-order chi connectivity index (χ0) is 14.4. The summed E-state index contributed by atoms with van der Waals surface area (Å²) < 4.78 is 2.09. The Morgan fingerprint density at radius 2 is 1.90 bits per heavy atom. The molecule has 108 valence electrons. The van der Waals surface area contributed by atoms with Crippen LogP contribution in [0.3, 0.4) is 0 Å². The molecule has 2 aromatic rings. The van der Waals surface area contributed by atoms with Crippen LogP contribution in [0.25, 0.3) is 0 Å². The molecular formula is C17H25N3. The lowest BCUT2D eigenvalue weighted by molar-refractivity contribution is 0.531. The number of aryl methyl sites for hydroxylation is 4. The molecule has 0 bridgehead atoms. The predicted octanol–water partition coefficient (Wildman–Crippen LogP) is 3.24. The van der Waals surface area contributed by atoms with Gasteiger partial charge in [-0.05, 0) is 50.4 Å². The second-order valence-electron chi connectivity index (χ2n) is 5.30. The highest BCUT2D eigenvalue weighted by Gasteiger charge is 2.01. The molecule has 0 unspecified atom stereocenters. The molecule has 20 heavy (non-hydrogen) atoms. The van der Waals surface area contributed by atoms with Gasteiger partial charge in [-0.1, -0.05) is 31.2 Å². The molecule has 3 heteroatoms. The Morgan fingerprint density at radius 3 is 2.55 bits per heavy atom. The fourth-order valence-electron chi connectivity index (χ4n) is 2.55. The first-order valence-corrected chi connectivity index (χ1v) is 7.49. The van der Waals surface area contributed by atoms with Gasteiger partial charge in [0.25, 0.3) is 0 Å². The van der Waals surface area contributed by atoms with E-state index in [9.17, 15) is 0 Å². The number of rotatable bonds is 7. The van der Waals surface area contributed by atoms with E-state index in [1.54, 1.807) is 0 Å². The van der Waals surface area contributed by atoms with E-state index in [0.717, 1.165) is 38.2 Å². The molecule has 0 spiro atoms. The first kappa shape index (κ1) is 14.8. The summed E-state index contributed by atoms with van der Waals surface area (Å²) in [4.78, 5) is 0. The van der Waals surface area contributed by atoms with Crippen molar-refractivity contribution in [2.24, 2.45) is 0 Å². The summed E-state index contributed by atoms with van der Waals surface area (Å²) in [5.74, 6) is 0. The zero-order valence-corrected chi connectivity index (χ0v) is 12.8. The second-order valence-corrected chi connectivity index (χ2v) is 5.30. The summed E-state index contributed by atoms with van der Waals surface area (Å²) in [5.41, 5.74) is 5.21. The number of hydrogen-bond donors (Lipinski definition) is 1. The lowest BCUT2D eigenvalue weighted by atomic mass is 10.1. The minimum absolute atomic E-state index is 0.959. The minimum atomic E-state index is 0.959. The number of benzene rings is 1. The third-order valence-electron chi connectivity index (χ3n) is 3.64. The number of aromatic nitrogens is 2. The molecule has 0 saturated heterocycles. The Morgan fingerprint density at radius 1 is 1.15 bits per heavy atom. The SMILES string of the molecule is CCc1ccccc1CNCCCn1nc(C)cc1C. The van der Waals surface area contributed by atoms with Crippen molar-refractivity contribution >= 4 is 0 Å². The van der Waals surface area contributed by atoms with Crippen LogP contribution in [0, 0.1) is 13.8 Å². The zero-order valence-electron chi connectivity index (χ0n) is 12.8. The average Bonchev–Trinajstić information content (AvgIpc) is 2.77. The van der Waals surface area contributed by atoms with E-state index in [2.05, 4.69) is 59.3 Å². The smallest absolute Gasteiger partial charge is 0.0596 e. The second kappa shape index (κ2) is 7.25. The molecule has 0 saturated carbocycles. The Bertz CT molecular complexity index is 543. The summed E-state index contributed by atoms with van der Waals surface area (Å²) in [5, 5.41) is 8.01. The molecule has 1 aromatic carbocycles. The van der Waals surface area contributed by atoms with Crippen molar-refractivity contribution in [2.75, 3.05) is 6.54 Å². The summed E-state index contributed by atoms with van der Waals surface area (Å²) in [7, 11) is 0. The number of nitrogens with zero attached hydrogens (tertiary/aromatic N) is 2. The molecule has 0 radical (unpaired) electrons. The van der Waals surface area contributed by atoms with Crippen molar-refractivity contribution in [3.05, 3.63) is 52.8 Å². The highest BCUT2D eigenvalue weighted by atomic mass is 15.3. The van der Waals surface area contributed by atoms with Gasteiger partial charge in [-0.2, -0.15) is 5.10 Å². The first-order chi connectivity index (χ1) is 9.70. The largest absolute Gasteiger partial charge is 0.313 e. The topological polar surface area (TPSA) is 29.9 Å². The van der Waals surface area contributed by atoms with E-state index in [4.69, 9.17) is 0 Å². The highest BCUT2D eigenvalue weighted by molar-refractivity contribution is 5.26. The lowest BCUT2D eigenvalue weighted by Gasteiger charge is -2.09. The van der Waals surface area contributed by atoms with Crippen LogP contribution >= 0.6 is 0 Å². The molecular weight excluding hydrogens is 246 g/mol. The molecule has 2 rings (SSSR count). The minimum Gasteiger partial charge on any atom is -0.313 e. The maximum Gasteiger partial charge on any atom is 0.0596 e. The Kier molecular flexibility index (Phi) is 5.36. The van der Waals surface area contributed by atoms with Crippen LogP contribution in [0.1, 0.15) is 35.9 Å². The molecule has 0 aliphatic carbocycles. The molecule has 3 nitrogen and oxygen atoms in total. The fraction of sp³-hybridized carbons (Fsp3) is 0.471. The van der Waals surface area contributed by atoms with Crippen LogP contribution in [0.15, 0.2) is 30.3 Å². The van der Waals surface area contributed by atoms with Crippen molar-refractivity contribution in [1.82, 2.24) is 15.1 Å². The maximum atomic E-state index is 4.48. The molecule has 1 aromatic heterocycles. The van der Waals surface area contributed by atoms with E-state index in [1.165, 1.54) is 16.8 Å². The monoisotopic (exact) mass is 271 g/mol. The predicted molar refractivity (Wildman–Crippen MR) is 83.8 cm³/mol. The summed E-state index contributed by atoms with van der Waals surface area (Å²) in [6.07, 6.45) is 2.21. The number of hydrogen-bond acceptors (Lipinski definition) is 2. The summed E-state index contributed by atoms with van der Waals surface area (Å²) in [6, 6.07) is 10.8. The molecule has 0 fully saturated rings. The van der Waals surface area contributed by atoms with Gasteiger partial charge in [-0.3, -0.25) is 4.68 Å².